The summed E-state index contributed by atoms with van der Waals surface area (Å²) in [6.45, 7) is 11.9. The van der Waals surface area contributed by atoms with Crippen molar-refractivity contribution < 1.29 is 24.5 Å². The first-order chi connectivity index (χ1) is 28.1. The summed E-state index contributed by atoms with van der Waals surface area (Å²) >= 11 is 12.7. The second-order valence-electron chi connectivity index (χ2n) is 14.6. The zero-order valence-corrected chi connectivity index (χ0v) is 35.7. The number of likely N-dealkylation sites (N-methyl/N-ethyl adjacent to an activating group) is 2. The first-order valence-corrected chi connectivity index (χ1v) is 22.0. The summed E-state index contributed by atoms with van der Waals surface area (Å²) in [5.74, 6) is -0.364. The predicted octanol–water partition coefficient (Wildman–Crippen LogP) is 6.25. The zero-order valence-electron chi connectivity index (χ0n) is 33.2. The standard InChI is InChI=1S/C21H22ClN3O2.C19H20ClN3O3.C3H10NP/c1-3-27-13-12-24(2)10-11-25-17-9-5-7-15-19(17)20(23-25)14-6-4-8-16(22)18(14)21(15)26;1-22(10-11-26-25)8-9-23-15-7-3-5-13-17(15)18(21-23)12-4-2-6-14(20)16(12)19(13)24;1-5-3-2-4/h3-9,15,19H,1,10-13H2,2H3;2-7,13,17,25H,8-11H2,1H3;5H,2-4H2,1H3. The van der Waals surface area contributed by atoms with Gasteiger partial charge in [0.15, 0.2) is 11.6 Å². The van der Waals surface area contributed by atoms with Crippen molar-refractivity contribution >= 4 is 54.8 Å². The fraction of sp³-hybridized carbons (Fsp3) is 0.395. The van der Waals surface area contributed by atoms with Crippen molar-refractivity contribution in [3.8, 4) is 0 Å². The molecule has 2 aromatic carbocycles. The number of nitrogens with two attached hydrogens (primary N) is 1. The summed E-state index contributed by atoms with van der Waals surface area (Å²) in [7, 11) is 5.05. The molecular weight excluding hydrogens is 796 g/mol. The molecule has 5 atom stereocenters. The molecule has 12 nitrogen and oxygen atoms in total. The van der Waals surface area contributed by atoms with Crippen molar-refractivity contribution in [2.24, 2.45) is 39.6 Å². The summed E-state index contributed by atoms with van der Waals surface area (Å²) < 4.78 is 5.19. The lowest BCUT2D eigenvalue weighted by Crippen LogP contribution is -2.37. The van der Waals surface area contributed by atoms with E-state index in [2.05, 4.69) is 41.1 Å². The van der Waals surface area contributed by atoms with Gasteiger partial charge in [-0.3, -0.25) is 24.9 Å². The summed E-state index contributed by atoms with van der Waals surface area (Å²) in [6, 6.07) is 11.2. The molecule has 8 rings (SSSR count). The minimum absolute atomic E-state index is 0.0112. The minimum atomic E-state index is -0.244. The van der Waals surface area contributed by atoms with Crippen LogP contribution in [0.4, 0.5) is 0 Å². The van der Waals surface area contributed by atoms with Gasteiger partial charge in [0, 0.05) is 59.8 Å². The quantitative estimate of drug-likeness (QED) is 0.0697. The molecule has 0 aromatic heterocycles. The normalized spacial score (nSPS) is 21.7. The number of rotatable bonds is 15. The van der Waals surface area contributed by atoms with Crippen LogP contribution >= 0.6 is 31.8 Å². The molecule has 0 saturated carbocycles. The number of hydrazone groups is 2. The molecule has 0 saturated heterocycles. The van der Waals surface area contributed by atoms with Crippen molar-refractivity contribution in [3.05, 3.63) is 129 Å². The monoisotopic (exact) mass is 847 g/mol. The van der Waals surface area contributed by atoms with E-state index in [1.807, 2.05) is 71.7 Å². The van der Waals surface area contributed by atoms with Crippen LogP contribution in [-0.2, 0) is 9.62 Å². The van der Waals surface area contributed by atoms with Gasteiger partial charge in [-0.2, -0.15) is 10.2 Å². The maximum absolute atomic E-state index is 13.0. The summed E-state index contributed by atoms with van der Waals surface area (Å²) in [6.07, 6.45) is 14.6. The third-order valence-electron chi connectivity index (χ3n) is 10.9. The fourth-order valence-electron chi connectivity index (χ4n) is 7.93. The minimum Gasteiger partial charge on any atom is -0.500 e. The molecule has 0 amide bonds. The molecule has 3 N–H and O–H groups in total. The molecule has 6 aliphatic rings. The number of carbonyl (C=O) groups is 2. The van der Waals surface area contributed by atoms with Crippen LogP contribution in [0.2, 0.25) is 10.0 Å². The molecular formula is C43H52Cl2N7O5P. The lowest BCUT2D eigenvalue weighted by molar-refractivity contribution is -0.243. The Bertz CT molecular complexity index is 2050. The van der Waals surface area contributed by atoms with E-state index in [4.69, 9.17) is 49.1 Å². The zero-order chi connectivity index (χ0) is 41.3. The first-order valence-electron chi connectivity index (χ1n) is 19.5. The topological polar surface area (TPSA) is 137 Å². The molecule has 4 aliphatic carbocycles. The number of hydrogen-bond acceptors (Lipinski definition) is 12. The van der Waals surface area contributed by atoms with E-state index in [0.29, 0.717) is 40.9 Å². The van der Waals surface area contributed by atoms with Gasteiger partial charge in [-0.25, -0.2) is 4.89 Å². The van der Waals surface area contributed by atoms with Crippen LogP contribution in [-0.4, -0.2) is 134 Å². The van der Waals surface area contributed by atoms with E-state index in [1.165, 1.54) is 12.4 Å². The van der Waals surface area contributed by atoms with Gasteiger partial charge in [0.25, 0.3) is 0 Å². The van der Waals surface area contributed by atoms with E-state index in [-0.39, 0.29) is 41.8 Å². The lowest BCUT2D eigenvalue weighted by Gasteiger charge is -2.31. The second kappa shape index (κ2) is 20.3. The number of ether oxygens (including phenoxy) is 1. The Kier molecular flexibility index (Phi) is 15.3. The van der Waals surface area contributed by atoms with Gasteiger partial charge in [-0.1, -0.05) is 78.4 Å². The van der Waals surface area contributed by atoms with E-state index >= 15 is 0 Å². The maximum Gasteiger partial charge on any atom is 0.172 e. The van der Waals surface area contributed by atoms with Crippen molar-refractivity contribution in [2.45, 2.75) is 0 Å². The first kappa shape index (κ1) is 43.6. The number of ketones is 2. The number of benzene rings is 2. The van der Waals surface area contributed by atoms with Gasteiger partial charge < -0.3 is 20.3 Å². The third-order valence-corrected chi connectivity index (χ3v) is 12.3. The Hall–Kier alpha value is -3.97. The Morgan fingerprint density at radius 1 is 0.828 bits per heavy atom. The van der Waals surface area contributed by atoms with E-state index < -0.39 is 0 Å². The van der Waals surface area contributed by atoms with Crippen LogP contribution in [0, 0.1) is 23.7 Å². The summed E-state index contributed by atoms with van der Waals surface area (Å²) in [4.78, 5) is 34.4. The van der Waals surface area contributed by atoms with Gasteiger partial charge in [0.2, 0.25) is 0 Å². The highest BCUT2D eigenvalue weighted by Crippen LogP contribution is 2.46. The number of carbonyl (C=O) groups excluding carboxylic acids is 2. The Morgan fingerprint density at radius 3 is 1.72 bits per heavy atom. The van der Waals surface area contributed by atoms with Crippen LogP contribution < -0.4 is 5.73 Å². The predicted molar refractivity (Wildman–Crippen MR) is 234 cm³/mol. The molecule has 15 heteroatoms. The fourth-order valence-corrected chi connectivity index (χ4v) is 8.76. The van der Waals surface area contributed by atoms with Crippen molar-refractivity contribution in [1.82, 2.24) is 19.8 Å². The van der Waals surface area contributed by atoms with E-state index in [0.717, 1.165) is 75.2 Å². The van der Waals surface area contributed by atoms with Gasteiger partial charge >= 0.3 is 0 Å². The molecule has 308 valence electrons. The van der Waals surface area contributed by atoms with Crippen LogP contribution in [0.3, 0.4) is 0 Å². The van der Waals surface area contributed by atoms with Crippen LogP contribution in [0.1, 0.15) is 31.8 Å². The Balaban J connectivity index is 0.000000175. The number of Topliss-reactive ketones (excluding diaryl/α,β-unsaturated/α-hetero) is 2. The molecule has 0 spiro atoms. The van der Waals surface area contributed by atoms with Gasteiger partial charge in [0.05, 0.1) is 77.7 Å². The third kappa shape index (κ3) is 9.25. The van der Waals surface area contributed by atoms with E-state index in [9.17, 15) is 9.59 Å². The molecule has 2 heterocycles. The highest BCUT2D eigenvalue weighted by molar-refractivity contribution is 7.37. The molecule has 2 aromatic rings. The molecule has 5 unspecified atom stereocenters. The average Bonchev–Trinajstić information content (AvgIpc) is 3.80. The smallest absolute Gasteiger partial charge is 0.172 e. The molecule has 0 bridgehead atoms. The van der Waals surface area contributed by atoms with Crippen LogP contribution in [0.25, 0.3) is 0 Å². The van der Waals surface area contributed by atoms with Crippen LogP contribution in [0.15, 0.2) is 107 Å². The average molecular weight is 849 g/mol. The van der Waals surface area contributed by atoms with E-state index in [1.54, 1.807) is 12.1 Å². The SMILES string of the molecule is C=COCCN(C)CCN1N=C2c3cccc(Cl)c3C(=O)C3C=CC=C1C23.CN(CCOO)CCN1N=C2c3cccc(Cl)c3C(=O)C3C=CC=C1C23.CPCCN. The Labute approximate surface area is 352 Å². The highest BCUT2D eigenvalue weighted by atomic mass is 35.5. The van der Waals surface area contributed by atoms with Crippen molar-refractivity contribution in [3.63, 3.8) is 0 Å². The number of hydrogen-bond donors (Lipinski definition) is 2. The van der Waals surface area contributed by atoms with Gasteiger partial charge in [-0.15, -0.1) is 8.58 Å². The van der Waals surface area contributed by atoms with Crippen molar-refractivity contribution in [2.75, 3.05) is 85.9 Å². The van der Waals surface area contributed by atoms with Crippen molar-refractivity contribution in [1.29, 1.82) is 0 Å². The number of allylic oxidation sites excluding steroid dienone is 8. The maximum atomic E-state index is 13.0. The summed E-state index contributed by atoms with van der Waals surface area (Å²) in [5, 5.41) is 23.2. The number of halogens is 2. The van der Waals surface area contributed by atoms with Crippen LogP contribution in [0.5, 0.6) is 0 Å². The van der Waals surface area contributed by atoms with Gasteiger partial charge in [0.1, 0.15) is 0 Å². The molecule has 0 fully saturated rings. The molecule has 0 radical (unpaired) electrons. The lowest BCUT2D eigenvalue weighted by atomic mass is 9.71. The van der Waals surface area contributed by atoms with Gasteiger partial charge in [-0.05, 0) is 57.8 Å². The summed E-state index contributed by atoms with van der Waals surface area (Å²) in [5.41, 5.74) is 12.1. The largest absolute Gasteiger partial charge is 0.500 e. The molecule has 2 aliphatic heterocycles. The number of fused-ring (bicyclic) bond motifs is 4. The Morgan fingerprint density at radius 2 is 1.31 bits per heavy atom. The number of nitrogens with zero attached hydrogens (tertiary/aromatic N) is 6. The second-order valence-corrected chi connectivity index (χ2v) is 16.6. The highest BCUT2D eigenvalue weighted by Gasteiger charge is 2.48. The molecule has 58 heavy (non-hydrogen) atoms.